The molecule has 0 fully saturated rings. The van der Waals surface area contributed by atoms with Crippen molar-refractivity contribution in [1.82, 2.24) is 10.3 Å². The van der Waals surface area contributed by atoms with Crippen LogP contribution in [0, 0.1) is 12.8 Å². The van der Waals surface area contributed by atoms with Gasteiger partial charge in [0.1, 0.15) is 0 Å². The molecule has 0 aliphatic rings. The van der Waals surface area contributed by atoms with Gasteiger partial charge in [0.2, 0.25) is 0 Å². The van der Waals surface area contributed by atoms with Gasteiger partial charge in [-0.2, -0.15) is 0 Å². The molecule has 0 bridgehead atoms. The number of nitrogens with one attached hydrogen (secondary N) is 1. The third-order valence-electron chi connectivity index (χ3n) is 2.34. The maximum Gasteiger partial charge on any atom is 0.188 e. The smallest absolute Gasteiger partial charge is 0.188 e. The summed E-state index contributed by atoms with van der Waals surface area (Å²) in [7, 11) is 0. The molecule has 1 aromatic rings. The number of nitrogens with zero attached hydrogens (tertiary/aromatic N) is 2. The standard InChI is InChI=1S/C12H22N4S/c1-9(2)4-6-14-12(13)15-7-5-11-8-17-10(3)16-11/h8-9H,4-7H2,1-3H3,(H3,13,14,15). The highest BCUT2D eigenvalue weighted by Gasteiger charge is 1.98. The fourth-order valence-corrected chi connectivity index (χ4v) is 1.99. The van der Waals surface area contributed by atoms with Crippen LogP contribution in [0.15, 0.2) is 10.4 Å². The van der Waals surface area contributed by atoms with Gasteiger partial charge in [-0.25, -0.2) is 4.98 Å². The molecule has 0 aromatic carbocycles. The number of guanidine groups is 1. The molecule has 1 aromatic heterocycles. The minimum Gasteiger partial charge on any atom is -0.370 e. The van der Waals surface area contributed by atoms with Crippen LogP contribution in [0.3, 0.4) is 0 Å². The molecule has 3 N–H and O–H groups in total. The highest BCUT2D eigenvalue weighted by Crippen LogP contribution is 2.07. The zero-order valence-electron chi connectivity index (χ0n) is 10.9. The third-order valence-corrected chi connectivity index (χ3v) is 3.16. The fourth-order valence-electron chi connectivity index (χ4n) is 1.34. The Morgan fingerprint density at radius 1 is 1.59 bits per heavy atom. The summed E-state index contributed by atoms with van der Waals surface area (Å²) in [6.45, 7) is 7.98. The molecule has 0 spiro atoms. The maximum absolute atomic E-state index is 5.75. The summed E-state index contributed by atoms with van der Waals surface area (Å²) in [6, 6.07) is 0. The van der Waals surface area contributed by atoms with Gasteiger partial charge in [-0.15, -0.1) is 11.3 Å². The molecular weight excluding hydrogens is 232 g/mol. The van der Waals surface area contributed by atoms with Crippen molar-refractivity contribution in [3.63, 3.8) is 0 Å². The predicted octanol–water partition coefficient (Wildman–Crippen LogP) is 1.94. The van der Waals surface area contributed by atoms with E-state index in [9.17, 15) is 0 Å². The maximum atomic E-state index is 5.75. The normalized spacial score (nSPS) is 12.1. The Morgan fingerprint density at radius 3 is 2.94 bits per heavy atom. The zero-order chi connectivity index (χ0) is 12.7. The van der Waals surface area contributed by atoms with Crippen LogP contribution in [0.5, 0.6) is 0 Å². The number of hydrogen-bond acceptors (Lipinski definition) is 3. The molecule has 4 nitrogen and oxygen atoms in total. The van der Waals surface area contributed by atoms with Crippen molar-refractivity contribution in [2.75, 3.05) is 13.1 Å². The van der Waals surface area contributed by atoms with Gasteiger partial charge in [0.15, 0.2) is 5.96 Å². The van der Waals surface area contributed by atoms with Crippen LogP contribution in [0.2, 0.25) is 0 Å². The van der Waals surface area contributed by atoms with Crippen LogP contribution >= 0.6 is 11.3 Å². The second-order valence-corrected chi connectivity index (χ2v) is 5.55. The molecule has 17 heavy (non-hydrogen) atoms. The Morgan fingerprint density at radius 2 is 2.35 bits per heavy atom. The number of aromatic nitrogens is 1. The minimum absolute atomic E-state index is 0.539. The van der Waals surface area contributed by atoms with Gasteiger partial charge in [-0.3, -0.25) is 4.99 Å². The van der Waals surface area contributed by atoms with Gasteiger partial charge in [0.25, 0.3) is 0 Å². The van der Waals surface area contributed by atoms with E-state index in [-0.39, 0.29) is 0 Å². The second-order valence-electron chi connectivity index (χ2n) is 4.48. The first-order valence-corrected chi connectivity index (χ1v) is 6.90. The Balaban J connectivity index is 2.17. The molecule has 0 amide bonds. The van der Waals surface area contributed by atoms with Crippen LogP contribution in [-0.4, -0.2) is 24.0 Å². The monoisotopic (exact) mass is 254 g/mol. The number of aryl methyl sites for hydroxylation is 1. The van der Waals surface area contributed by atoms with Gasteiger partial charge in [-0.1, -0.05) is 13.8 Å². The lowest BCUT2D eigenvalue weighted by Gasteiger charge is -2.05. The van der Waals surface area contributed by atoms with Crippen LogP contribution in [0.1, 0.15) is 31.0 Å². The van der Waals surface area contributed by atoms with Crippen LogP contribution in [-0.2, 0) is 6.42 Å². The summed E-state index contributed by atoms with van der Waals surface area (Å²) in [5.41, 5.74) is 6.87. The first kappa shape index (κ1) is 14.0. The van der Waals surface area contributed by atoms with Crippen LogP contribution < -0.4 is 11.1 Å². The Labute approximate surface area is 107 Å². The molecule has 0 aliphatic carbocycles. The van der Waals surface area contributed by atoms with Crippen molar-refractivity contribution in [3.05, 3.63) is 16.1 Å². The molecule has 5 heteroatoms. The summed E-state index contributed by atoms with van der Waals surface area (Å²) in [4.78, 5) is 8.66. The molecule has 0 atom stereocenters. The number of hydrogen-bond donors (Lipinski definition) is 2. The fraction of sp³-hybridized carbons (Fsp3) is 0.667. The van der Waals surface area contributed by atoms with Crippen molar-refractivity contribution in [1.29, 1.82) is 0 Å². The molecule has 1 heterocycles. The zero-order valence-corrected chi connectivity index (χ0v) is 11.7. The molecule has 0 radical (unpaired) electrons. The average molecular weight is 254 g/mol. The van der Waals surface area contributed by atoms with Crippen LogP contribution in [0.4, 0.5) is 0 Å². The van der Waals surface area contributed by atoms with Crippen LogP contribution in [0.25, 0.3) is 0 Å². The molecule has 0 saturated heterocycles. The first-order chi connectivity index (χ1) is 8.08. The Kier molecular flexibility index (Phi) is 5.97. The van der Waals surface area contributed by atoms with E-state index in [1.807, 2.05) is 6.92 Å². The van der Waals surface area contributed by atoms with E-state index in [0.717, 1.165) is 36.6 Å². The summed E-state index contributed by atoms with van der Waals surface area (Å²) in [5.74, 6) is 1.21. The van der Waals surface area contributed by atoms with E-state index in [1.165, 1.54) is 0 Å². The van der Waals surface area contributed by atoms with Crippen molar-refractivity contribution in [2.24, 2.45) is 16.6 Å². The summed E-state index contributed by atoms with van der Waals surface area (Å²) < 4.78 is 0. The third kappa shape index (κ3) is 6.26. The number of thiazole rings is 1. The summed E-state index contributed by atoms with van der Waals surface area (Å²) >= 11 is 1.68. The summed E-state index contributed by atoms with van der Waals surface area (Å²) in [6.07, 6.45) is 1.97. The lowest BCUT2D eigenvalue weighted by Crippen LogP contribution is -2.33. The average Bonchev–Trinajstić information content (AvgIpc) is 2.63. The minimum atomic E-state index is 0.539. The lowest BCUT2D eigenvalue weighted by molar-refractivity contribution is 0.595. The van der Waals surface area contributed by atoms with Crippen molar-refractivity contribution in [2.45, 2.75) is 33.6 Å². The summed E-state index contributed by atoms with van der Waals surface area (Å²) in [5, 5.41) is 6.30. The molecule has 0 aliphatic heterocycles. The van der Waals surface area contributed by atoms with Gasteiger partial charge < -0.3 is 11.1 Å². The van der Waals surface area contributed by atoms with Crippen molar-refractivity contribution >= 4 is 17.3 Å². The van der Waals surface area contributed by atoms with E-state index in [0.29, 0.717) is 11.9 Å². The highest BCUT2D eigenvalue weighted by atomic mass is 32.1. The van der Waals surface area contributed by atoms with Gasteiger partial charge >= 0.3 is 0 Å². The number of aliphatic imine (C=N–C) groups is 1. The molecule has 1 rings (SSSR count). The largest absolute Gasteiger partial charge is 0.370 e. The van der Waals surface area contributed by atoms with E-state index < -0.39 is 0 Å². The number of nitrogens with two attached hydrogens (primary N) is 1. The van der Waals surface area contributed by atoms with E-state index in [1.54, 1.807) is 11.3 Å². The van der Waals surface area contributed by atoms with Crippen molar-refractivity contribution in [3.8, 4) is 0 Å². The van der Waals surface area contributed by atoms with Crippen molar-refractivity contribution < 1.29 is 0 Å². The van der Waals surface area contributed by atoms with Gasteiger partial charge in [0, 0.05) is 24.9 Å². The molecule has 0 saturated carbocycles. The predicted molar refractivity (Wildman–Crippen MR) is 74.5 cm³/mol. The molecule has 0 unspecified atom stereocenters. The van der Waals surface area contributed by atoms with E-state index in [2.05, 4.69) is 34.5 Å². The van der Waals surface area contributed by atoms with E-state index in [4.69, 9.17) is 5.73 Å². The topological polar surface area (TPSA) is 63.3 Å². The SMILES string of the molecule is Cc1nc(CCNC(N)=NCCC(C)C)cs1. The van der Waals surface area contributed by atoms with E-state index >= 15 is 0 Å². The molecule has 96 valence electrons. The Bertz CT molecular complexity index is 357. The first-order valence-electron chi connectivity index (χ1n) is 6.02. The number of rotatable bonds is 6. The quantitative estimate of drug-likeness (QED) is 0.602. The lowest BCUT2D eigenvalue weighted by atomic mass is 10.1. The van der Waals surface area contributed by atoms with Gasteiger partial charge in [-0.05, 0) is 19.3 Å². The highest BCUT2D eigenvalue weighted by molar-refractivity contribution is 7.09. The Hall–Kier alpha value is -1.10. The second kappa shape index (κ2) is 7.27. The van der Waals surface area contributed by atoms with Gasteiger partial charge in [0.05, 0.1) is 10.7 Å². The molecular formula is C12H22N4S.